The Morgan fingerprint density at radius 1 is 1.42 bits per heavy atom. The van der Waals surface area contributed by atoms with Crippen molar-refractivity contribution in [3.05, 3.63) is 53.5 Å². The topological polar surface area (TPSA) is 63.2 Å². The Labute approximate surface area is 111 Å². The molecule has 1 heterocycles. The van der Waals surface area contributed by atoms with Gasteiger partial charge < -0.3 is 9.15 Å². The third-order valence-electron chi connectivity index (χ3n) is 2.89. The van der Waals surface area contributed by atoms with Crippen molar-refractivity contribution in [1.82, 2.24) is 0 Å². The van der Waals surface area contributed by atoms with E-state index in [-0.39, 0.29) is 5.78 Å². The highest BCUT2D eigenvalue weighted by Gasteiger charge is 2.25. The van der Waals surface area contributed by atoms with Gasteiger partial charge in [-0.1, -0.05) is 17.7 Å². The van der Waals surface area contributed by atoms with Gasteiger partial charge in [0.25, 0.3) is 0 Å². The maximum Gasteiger partial charge on any atom is 0.187 e. The Balaban J connectivity index is 2.46. The van der Waals surface area contributed by atoms with Crippen LogP contribution in [0, 0.1) is 18.3 Å². The van der Waals surface area contributed by atoms with Gasteiger partial charge in [0.15, 0.2) is 5.78 Å². The first-order valence-corrected chi connectivity index (χ1v) is 5.78. The molecule has 0 aliphatic rings. The van der Waals surface area contributed by atoms with Gasteiger partial charge in [-0.25, -0.2) is 0 Å². The molecule has 2 aromatic rings. The zero-order chi connectivity index (χ0) is 13.8. The van der Waals surface area contributed by atoms with Crippen LogP contribution >= 0.6 is 0 Å². The summed E-state index contributed by atoms with van der Waals surface area (Å²) in [6.45, 7) is 1.90. The van der Waals surface area contributed by atoms with E-state index in [1.54, 1.807) is 18.2 Å². The summed E-state index contributed by atoms with van der Waals surface area (Å²) in [5, 5.41) is 9.30. The van der Waals surface area contributed by atoms with Crippen LogP contribution < -0.4 is 4.74 Å². The molecule has 1 aromatic carbocycles. The summed E-state index contributed by atoms with van der Waals surface area (Å²) in [6.07, 6.45) is 2.75. The minimum atomic E-state index is -0.896. The van der Waals surface area contributed by atoms with E-state index in [0.29, 0.717) is 16.9 Å². The minimum Gasteiger partial charge on any atom is -0.496 e. The van der Waals surface area contributed by atoms with Crippen molar-refractivity contribution in [3.8, 4) is 11.8 Å². The highest BCUT2D eigenvalue weighted by atomic mass is 16.5. The first-order chi connectivity index (χ1) is 9.17. The van der Waals surface area contributed by atoms with Crippen LogP contribution in [0.2, 0.25) is 0 Å². The first kappa shape index (κ1) is 12.9. The fourth-order valence-corrected chi connectivity index (χ4v) is 1.92. The van der Waals surface area contributed by atoms with Gasteiger partial charge in [0, 0.05) is 5.56 Å². The largest absolute Gasteiger partial charge is 0.496 e. The molecule has 1 atom stereocenters. The Morgan fingerprint density at radius 3 is 2.79 bits per heavy atom. The monoisotopic (exact) mass is 255 g/mol. The van der Waals surface area contributed by atoms with Crippen LogP contribution in [0.5, 0.6) is 5.75 Å². The van der Waals surface area contributed by atoms with Gasteiger partial charge >= 0.3 is 0 Å². The van der Waals surface area contributed by atoms with E-state index in [9.17, 15) is 10.1 Å². The number of carbonyl (C=O) groups is 1. The van der Waals surface area contributed by atoms with Gasteiger partial charge in [0.05, 0.1) is 25.0 Å². The van der Waals surface area contributed by atoms with Crippen LogP contribution in [-0.2, 0) is 0 Å². The van der Waals surface area contributed by atoms with Crippen molar-refractivity contribution in [1.29, 1.82) is 5.26 Å². The van der Waals surface area contributed by atoms with Crippen LogP contribution in [0.1, 0.15) is 27.4 Å². The zero-order valence-corrected chi connectivity index (χ0v) is 10.7. The number of ether oxygens (including phenoxy) is 1. The second-order valence-corrected chi connectivity index (χ2v) is 4.18. The van der Waals surface area contributed by atoms with Gasteiger partial charge in [-0.15, -0.1) is 0 Å². The molecule has 4 heteroatoms. The van der Waals surface area contributed by atoms with Gasteiger partial charge in [0.2, 0.25) is 0 Å². The summed E-state index contributed by atoms with van der Waals surface area (Å²) < 4.78 is 10.1. The highest BCUT2D eigenvalue weighted by molar-refractivity contribution is 6.02. The Bertz CT molecular complexity index is 623. The van der Waals surface area contributed by atoms with Crippen LogP contribution in [0.25, 0.3) is 0 Å². The van der Waals surface area contributed by atoms with Crippen LogP contribution in [0.15, 0.2) is 41.2 Å². The third-order valence-corrected chi connectivity index (χ3v) is 2.89. The second-order valence-electron chi connectivity index (χ2n) is 4.18. The lowest BCUT2D eigenvalue weighted by molar-refractivity contribution is 0.0977. The molecule has 0 saturated heterocycles. The summed E-state index contributed by atoms with van der Waals surface area (Å²) in [4.78, 5) is 12.3. The fourth-order valence-electron chi connectivity index (χ4n) is 1.92. The number of benzene rings is 1. The van der Waals surface area contributed by atoms with E-state index in [0.717, 1.165) is 5.56 Å². The molecule has 0 spiro atoms. The number of aryl methyl sites for hydroxylation is 1. The van der Waals surface area contributed by atoms with Crippen molar-refractivity contribution >= 4 is 5.78 Å². The van der Waals surface area contributed by atoms with Gasteiger partial charge in [-0.05, 0) is 19.1 Å². The maximum atomic E-state index is 12.3. The SMILES string of the molecule is COc1ccc(C)cc1C(C#N)C(=O)c1ccoc1. The van der Waals surface area contributed by atoms with E-state index in [2.05, 4.69) is 0 Å². The summed E-state index contributed by atoms with van der Waals surface area (Å²) in [7, 11) is 1.52. The van der Waals surface area contributed by atoms with Crippen molar-refractivity contribution in [2.24, 2.45) is 0 Å². The van der Waals surface area contributed by atoms with Crippen LogP contribution in [-0.4, -0.2) is 12.9 Å². The molecular formula is C15H13NO3. The van der Waals surface area contributed by atoms with E-state index in [4.69, 9.17) is 9.15 Å². The molecule has 0 N–H and O–H groups in total. The van der Waals surface area contributed by atoms with Crippen molar-refractivity contribution in [3.63, 3.8) is 0 Å². The molecule has 0 fully saturated rings. The molecule has 0 aliphatic heterocycles. The molecule has 0 saturated carbocycles. The van der Waals surface area contributed by atoms with Crippen molar-refractivity contribution in [2.75, 3.05) is 7.11 Å². The van der Waals surface area contributed by atoms with E-state index in [1.165, 1.54) is 19.6 Å². The van der Waals surface area contributed by atoms with Gasteiger partial charge in [-0.2, -0.15) is 5.26 Å². The molecular weight excluding hydrogens is 242 g/mol. The summed E-state index contributed by atoms with van der Waals surface area (Å²) >= 11 is 0. The highest BCUT2D eigenvalue weighted by Crippen LogP contribution is 2.30. The molecule has 19 heavy (non-hydrogen) atoms. The first-order valence-electron chi connectivity index (χ1n) is 5.78. The molecule has 1 unspecified atom stereocenters. The van der Waals surface area contributed by atoms with Crippen molar-refractivity contribution in [2.45, 2.75) is 12.8 Å². The summed E-state index contributed by atoms with van der Waals surface area (Å²) in [5.74, 6) is -0.651. The van der Waals surface area contributed by atoms with E-state index < -0.39 is 5.92 Å². The fraction of sp³-hybridized carbons (Fsp3) is 0.200. The number of ketones is 1. The normalized spacial score (nSPS) is 11.6. The minimum absolute atomic E-state index is 0.292. The quantitative estimate of drug-likeness (QED) is 0.787. The lowest BCUT2D eigenvalue weighted by atomic mass is 9.91. The molecule has 0 aliphatic carbocycles. The third kappa shape index (κ3) is 2.50. The molecule has 0 amide bonds. The Kier molecular flexibility index (Phi) is 3.67. The number of hydrogen-bond donors (Lipinski definition) is 0. The lowest BCUT2D eigenvalue weighted by Gasteiger charge is -2.13. The smallest absolute Gasteiger partial charge is 0.187 e. The molecule has 0 radical (unpaired) electrons. The second kappa shape index (κ2) is 5.40. The molecule has 2 rings (SSSR count). The summed E-state index contributed by atoms with van der Waals surface area (Å²) in [5.41, 5.74) is 1.93. The number of rotatable bonds is 4. The number of nitrogens with zero attached hydrogens (tertiary/aromatic N) is 1. The van der Waals surface area contributed by atoms with Crippen LogP contribution in [0.4, 0.5) is 0 Å². The average molecular weight is 255 g/mol. The number of methoxy groups -OCH3 is 1. The predicted octanol–water partition coefficient (Wildman–Crippen LogP) is 3.09. The van der Waals surface area contributed by atoms with Gasteiger partial charge in [0.1, 0.15) is 17.9 Å². The van der Waals surface area contributed by atoms with Gasteiger partial charge in [-0.3, -0.25) is 4.79 Å². The lowest BCUT2D eigenvalue weighted by Crippen LogP contribution is -2.12. The number of furan rings is 1. The number of nitriles is 1. The maximum absolute atomic E-state index is 12.3. The molecule has 4 nitrogen and oxygen atoms in total. The van der Waals surface area contributed by atoms with E-state index >= 15 is 0 Å². The molecule has 96 valence electrons. The number of Topliss-reactive ketones (excluding diaryl/α,β-unsaturated/α-hetero) is 1. The zero-order valence-electron chi connectivity index (χ0n) is 10.7. The Morgan fingerprint density at radius 2 is 2.21 bits per heavy atom. The van der Waals surface area contributed by atoms with Crippen molar-refractivity contribution < 1.29 is 13.9 Å². The molecule has 0 bridgehead atoms. The number of hydrogen-bond acceptors (Lipinski definition) is 4. The predicted molar refractivity (Wildman–Crippen MR) is 69.1 cm³/mol. The summed E-state index contributed by atoms with van der Waals surface area (Å²) in [6, 6.07) is 9.02. The number of carbonyl (C=O) groups excluding carboxylic acids is 1. The van der Waals surface area contributed by atoms with Crippen LogP contribution in [0.3, 0.4) is 0 Å². The van der Waals surface area contributed by atoms with E-state index in [1.807, 2.05) is 19.1 Å². The molecule has 1 aromatic heterocycles. The Hall–Kier alpha value is -2.54. The average Bonchev–Trinajstić information content (AvgIpc) is 2.93. The standard InChI is InChI=1S/C15H13NO3/c1-10-3-4-14(18-2)12(7-10)13(8-16)15(17)11-5-6-19-9-11/h3-7,9,13H,1-2H3.